The maximum Gasteiger partial charge on any atom is 0.182 e. The Balaban J connectivity index is 1.92. The van der Waals surface area contributed by atoms with Gasteiger partial charge in [0.05, 0.1) is 6.61 Å². The fraction of sp³-hybridized carbons (Fsp3) is 0.786. The molecule has 1 unspecified atom stereocenters. The quantitative estimate of drug-likeness (QED) is 0.756. The van der Waals surface area contributed by atoms with Crippen LogP contribution in [0.1, 0.15) is 31.6 Å². The molecule has 0 spiro atoms. The van der Waals surface area contributed by atoms with Gasteiger partial charge in [-0.25, -0.2) is 4.98 Å². The maximum atomic E-state index is 5.24. The van der Waals surface area contributed by atoms with E-state index in [1.165, 1.54) is 17.7 Å². The minimum atomic E-state index is 0.653. The Bertz CT molecular complexity index is 379. The summed E-state index contributed by atoms with van der Waals surface area (Å²) in [7, 11) is 1.77. The largest absolute Gasteiger partial charge is 0.383 e. The van der Waals surface area contributed by atoms with Crippen molar-refractivity contribution in [2.24, 2.45) is 5.92 Å². The van der Waals surface area contributed by atoms with Gasteiger partial charge >= 0.3 is 0 Å². The van der Waals surface area contributed by atoms with Gasteiger partial charge in [0.1, 0.15) is 0 Å². The van der Waals surface area contributed by atoms with E-state index in [0.29, 0.717) is 6.04 Å². The van der Waals surface area contributed by atoms with Crippen LogP contribution in [0.15, 0.2) is 6.20 Å². The summed E-state index contributed by atoms with van der Waals surface area (Å²) < 4.78 is 5.24. The number of ether oxygens (including phenoxy) is 1. The van der Waals surface area contributed by atoms with Gasteiger partial charge in [-0.1, -0.05) is 0 Å². The van der Waals surface area contributed by atoms with E-state index in [1.807, 2.05) is 6.20 Å². The molecule has 19 heavy (non-hydrogen) atoms. The molecule has 5 heteroatoms. The summed E-state index contributed by atoms with van der Waals surface area (Å²) in [5, 5.41) is 4.30. The number of methoxy groups -OCH3 is 1. The lowest BCUT2D eigenvalue weighted by Crippen LogP contribution is -2.36. The molecule has 1 fully saturated rings. The molecule has 108 valence electrons. The van der Waals surface area contributed by atoms with Crippen LogP contribution >= 0.6 is 11.3 Å². The SMILES string of the molecule is CCNc1ncc(CN(CCOC)C(C)C2CC2)s1. The lowest BCUT2D eigenvalue weighted by Gasteiger charge is -2.28. The van der Waals surface area contributed by atoms with Gasteiger partial charge in [0, 0.05) is 43.9 Å². The van der Waals surface area contributed by atoms with Crippen LogP contribution in [0.4, 0.5) is 5.13 Å². The number of anilines is 1. The van der Waals surface area contributed by atoms with Gasteiger partial charge in [0.25, 0.3) is 0 Å². The lowest BCUT2D eigenvalue weighted by atomic mass is 10.2. The van der Waals surface area contributed by atoms with Crippen molar-refractivity contribution in [1.82, 2.24) is 9.88 Å². The second-order valence-electron chi connectivity index (χ2n) is 5.20. The third kappa shape index (κ3) is 4.44. The third-order valence-electron chi connectivity index (χ3n) is 3.70. The van der Waals surface area contributed by atoms with Gasteiger partial charge in [-0.15, -0.1) is 11.3 Å². The number of thiazole rings is 1. The number of nitrogens with one attached hydrogen (secondary N) is 1. The van der Waals surface area contributed by atoms with Gasteiger partial charge < -0.3 is 10.1 Å². The van der Waals surface area contributed by atoms with Crippen LogP contribution in [0, 0.1) is 5.92 Å². The van der Waals surface area contributed by atoms with Crippen molar-refractivity contribution in [3.63, 3.8) is 0 Å². The van der Waals surface area contributed by atoms with Gasteiger partial charge in [-0.05, 0) is 32.6 Å². The number of hydrogen-bond donors (Lipinski definition) is 1. The van der Waals surface area contributed by atoms with E-state index in [4.69, 9.17) is 4.74 Å². The molecular formula is C14H25N3OS. The first-order valence-corrected chi connectivity index (χ1v) is 7.97. The minimum Gasteiger partial charge on any atom is -0.383 e. The molecule has 0 aliphatic heterocycles. The molecule has 1 N–H and O–H groups in total. The molecule has 1 atom stereocenters. The Hall–Kier alpha value is -0.650. The molecule has 1 heterocycles. The second kappa shape index (κ2) is 7.22. The highest BCUT2D eigenvalue weighted by atomic mass is 32.1. The Labute approximate surface area is 120 Å². The summed E-state index contributed by atoms with van der Waals surface area (Å²) >= 11 is 1.76. The van der Waals surface area contributed by atoms with Gasteiger partial charge in [-0.3, -0.25) is 4.90 Å². The van der Waals surface area contributed by atoms with Gasteiger partial charge in [0.2, 0.25) is 0 Å². The molecule has 0 bridgehead atoms. The molecule has 1 saturated carbocycles. The first kappa shape index (κ1) is 14.8. The standard InChI is InChI=1S/C14H25N3OS/c1-4-15-14-16-9-13(19-14)10-17(7-8-18-3)11(2)12-5-6-12/h9,11-12H,4-8,10H2,1-3H3,(H,15,16). The summed E-state index contributed by atoms with van der Waals surface area (Å²) in [6.07, 6.45) is 4.77. The van der Waals surface area contributed by atoms with E-state index < -0.39 is 0 Å². The first-order valence-electron chi connectivity index (χ1n) is 7.16. The Morgan fingerprint density at radius 2 is 2.37 bits per heavy atom. The van der Waals surface area contributed by atoms with Gasteiger partial charge in [-0.2, -0.15) is 0 Å². The highest BCUT2D eigenvalue weighted by Gasteiger charge is 2.31. The molecule has 0 radical (unpaired) electrons. The van der Waals surface area contributed by atoms with Crippen LogP contribution < -0.4 is 5.32 Å². The van der Waals surface area contributed by atoms with Crippen LogP contribution in [-0.2, 0) is 11.3 Å². The van der Waals surface area contributed by atoms with E-state index in [1.54, 1.807) is 18.4 Å². The molecule has 1 aromatic rings. The van der Waals surface area contributed by atoms with E-state index in [9.17, 15) is 0 Å². The van der Waals surface area contributed by atoms with Crippen molar-refractivity contribution >= 4 is 16.5 Å². The van der Waals surface area contributed by atoms with Crippen molar-refractivity contribution in [2.45, 2.75) is 39.3 Å². The second-order valence-corrected chi connectivity index (χ2v) is 6.32. The summed E-state index contributed by atoms with van der Waals surface area (Å²) in [5.74, 6) is 0.887. The van der Waals surface area contributed by atoms with Crippen molar-refractivity contribution in [2.75, 3.05) is 32.1 Å². The number of nitrogens with zero attached hydrogens (tertiary/aromatic N) is 2. The first-order chi connectivity index (χ1) is 9.24. The highest BCUT2D eigenvalue weighted by Crippen LogP contribution is 2.36. The van der Waals surface area contributed by atoms with Crippen molar-refractivity contribution in [1.29, 1.82) is 0 Å². The van der Waals surface area contributed by atoms with E-state index in [2.05, 4.69) is 29.0 Å². The molecule has 0 saturated heterocycles. The Morgan fingerprint density at radius 1 is 1.58 bits per heavy atom. The highest BCUT2D eigenvalue weighted by molar-refractivity contribution is 7.15. The van der Waals surface area contributed by atoms with E-state index >= 15 is 0 Å². The van der Waals surface area contributed by atoms with Crippen LogP contribution in [0.2, 0.25) is 0 Å². The van der Waals surface area contributed by atoms with Crippen molar-refractivity contribution in [3.05, 3.63) is 11.1 Å². The Kier molecular flexibility index (Phi) is 5.60. The summed E-state index contributed by atoms with van der Waals surface area (Å²) in [6, 6.07) is 0.653. The monoisotopic (exact) mass is 283 g/mol. The molecule has 1 aromatic heterocycles. The number of aromatic nitrogens is 1. The predicted octanol–water partition coefficient (Wildman–Crippen LogP) is 2.82. The predicted molar refractivity (Wildman–Crippen MR) is 80.7 cm³/mol. The third-order valence-corrected chi connectivity index (χ3v) is 4.64. The smallest absolute Gasteiger partial charge is 0.182 e. The Morgan fingerprint density at radius 3 is 3.00 bits per heavy atom. The zero-order valence-corrected chi connectivity index (χ0v) is 13.0. The fourth-order valence-electron chi connectivity index (χ4n) is 2.33. The summed E-state index contributed by atoms with van der Waals surface area (Å²) in [5.41, 5.74) is 0. The molecule has 4 nitrogen and oxygen atoms in total. The van der Waals surface area contributed by atoms with E-state index in [-0.39, 0.29) is 0 Å². The molecule has 0 amide bonds. The molecule has 0 aromatic carbocycles. The fourth-order valence-corrected chi connectivity index (χ4v) is 3.23. The number of hydrogen-bond acceptors (Lipinski definition) is 5. The maximum absolute atomic E-state index is 5.24. The minimum absolute atomic E-state index is 0.653. The molecule has 2 rings (SSSR count). The topological polar surface area (TPSA) is 37.4 Å². The van der Waals surface area contributed by atoms with Crippen LogP contribution in [0.5, 0.6) is 0 Å². The van der Waals surface area contributed by atoms with Crippen LogP contribution in [0.25, 0.3) is 0 Å². The van der Waals surface area contributed by atoms with Crippen LogP contribution in [-0.4, -0.2) is 42.7 Å². The average Bonchev–Trinajstić information content (AvgIpc) is 3.16. The normalized spacial score (nSPS) is 16.8. The molecular weight excluding hydrogens is 258 g/mol. The van der Waals surface area contributed by atoms with Gasteiger partial charge in [0.15, 0.2) is 5.13 Å². The number of rotatable bonds is 9. The summed E-state index contributed by atoms with van der Waals surface area (Å²) in [4.78, 5) is 8.27. The summed E-state index contributed by atoms with van der Waals surface area (Å²) in [6.45, 7) is 8.17. The zero-order chi connectivity index (χ0) is 13.7. The lowest BCUT2D eigenvalue weighted by molar-refractivity contribution is 0.112. The zero-order valence-electron chi connectivity index (χ0n) is 12.2. The van der Waals surface area contributed by atoms with Crippen molar-refractivity contribution < 1.29 is 4.74 Å². The average molecular weight is 283 g/mol. The molecule has 1 aliphatic rings. The van der Waals surface area contributed by atoms with Crippen LogP contribution in [0.3, 0.4) is 0 Å². The molecule has 1 aliphatic carbocycles. The van der Waals surface area contributed by atoms with E-state index in [0.717, 1.165) is 37.3 Å². The van der Waals surface area contributed by atoms with Crippen molar-refractivity contribution in [3.8, 4) is 0 Å².